The Balaban J connectivity index is 1.83. The predicted octanol–water partition coefficient (Wildman–Crippen LogP) is 2.95. The fourth-order valence-electron chi connectivity index (χ4n) is 2.48. The normalized spacial score (nSPS) is 10.2. The van der Waals surface area contributed by atoms with Crippen molar-refractivity contribution >= 4 is 17.5 Å². The molecule has 2 aromatic rings. The van der Waals surface area contributed by atoms with Crippen molar-refractivity contribution in [3.8, 4) is 5.75 Å². The van der Waals surface area contributed by atoms with Crippen LogP contribution in [0.2, 0.25) is 0 Å². The molecular weight excluding hydrogens is 316 g/mol. The van der Waals surface area contributed by atoms with E-state index in [1.807, 2.05) is 50.2 Å². The van der Waals surface area contributed by atoms with E-state index in [1.165, 1.54) is 0 Å². The molecule has 0 heterocycles. The molecule has 0 spiro atoms. The SMILES string of the molecule is CCc1cccc(CC)c1NC(=O)CNC(=O)COc1ccccc1. The van der Waals surface area contributed by atoms with Gasteiger partial charge in [-0.05, 0) is 36.1 Å². The quantitative estimate of drug-likeness (QED) is 0.776. The van der Waals surface area contributed by atoms with Crippen LogP contribution in [0, 0.1) is 0 Å². The topological polar surface area (TPSA) is 67.4 Å². The van der Waals surface area contributed by atoms with Crippen LogP contribution in [0.25, 0.3) is 0 Å². The van der Waals surface area contributed by atoms with Gasteiger partial charge in [0.2, 0.25) is 5.91 Å². The van der Waals surface area contributed by atoms with Gasteiger partial charge in [-0.1, -0.05) is 50.2 Å². The number of aryl methyl sites for hydroxylation is 2. The Bertz CT molecular complexity index is 692. The second-order valence-electron chi connectivity index (χ2n) is 5.59. The van der Waals surface area contributed by atoms with Crippen molar-refractivity contribution in [2.45, 2.75) is 26.7 Å². The molecule has 132 valence electrons. The van der Waals surface area contributed by atoms with Crippen LogP contribution in [0.5, 0.6) is 5.75 Å². The summed E-state index contributed by atoms with van der Waals surface area (Å²) in [5.74, 6) is 0.0359. The van der Waals surface area contributed by atoms with Crippen LogP contribution in [0.4, 0.5) is 5.69 Å². The lowest BCUT2D eigenvalue weighted by Crippen LogP contribution is -2.36. The van der Waals surface area contributed by atoms with E-state index in [1.54, 1.807) is 12.1 Å². The van der Waals surface area contributed by atoms with Gasteiger partial charge in [0, 0.05) is 5.69 Å². The van der Waals surface area contributed by atoms with E-state index in [-0.39, 0.29) is 25.0 Å². The molecule has 0 bridgehead atoms. The summed E-state index contributed by atoms with van der Waals surface area (Å²) in [6.45, 7) is 3.89. The molecule has 2 amide bonds. The fourth-order valence-corrected chi connectivity index (χ4v) is 2.48. The van der Waals surface area contributed by atoms with Crippen molar-refractivity contribution in [3.05, 3.63) is 59.7 Å². The van der Waals surface area contributed by atoms with Crippen molar-refractivity contribution in [1.82, 2.24) is 5.32 Å². The first-order chi connectivity index (χ1) is 12.1. The summed E-state index contributed by atoms with van der Waals surface area (Å²) in [5, 5.41) is 5.49. The zero-order valence-corrected chi connectivity index (χ0v) is 14.7. The standard InChI is InChI=1S/C20H24N2O3/c1-3-15-9-8-10-16(4-2)20(15)22-18(23)13-21-19(24)14-25-17-11-6-5-7-12-17/h5-12H,3-4,13-14H2,1-2H3,(H,21,24)(H,22,23). The van der Waals surface area contributed by atoms with Crippen molar-refractivity contribution in [2.24, 2.45) is 0 Å². The van der Waals surface area contributed by atoms with Crippen LogP contribution in [-0.2, 0) is 22.4 Å². The predicted molar refractivity (Wildman–Crippen MR) is 98.8 cm³/mol. The highest BCUT2D eigenvalue weighted by Crippen LogP contribution is 2.22. The number of ether oxygens (including phenoxy) is 1. The van der Waals surface area contributed by atoms with Gasteiger partial charge in [0.05, 0.1) is 6.54 Å². The first kappa shape index (κ1) is 18.5. The molecule has 0 saturated heterocycles. The monoisotopic (exact) mass is 340 g/mol. The molecule has 5 heteroatoms. The third kappa shape index (κ3) is 5.64. The molecule has 2 N–H and O–H groups in total. The number of rotatable bonds is 8. The highest BCUT2D eigenvalue weighted by molar-refractivity contribution is 5.96. The average molecular weight is 340 g/mol. The zero-order chi connectivity index (χ0) is 18.1. The Morgan fingerprint density at radius 3 is 2.12 bits per heavy atom. The number of hydrogen-bond donors (Lipinski definition) is 2. The molecule has 0 aliphatic carbocycles. The minimum absolute atomic E-state index is 0.0851. The minimum atomic E-state index is -0.335. The summed E-state index contributed by atoms with van der Waals surface area (Å²) in [4.78, 5) is 24.0. The highest BCUT2D eigenvalue weighted by Gasteiger charge is 2.11. The maximum atomic E-state index is 12.2. The average Bonchev–Trinajstić information content (AvgIpc) is 2.65. The Morgan fingerprint density at radius 2 is 1.52 bits per heavy atom. The van der Waals surface area contributed by atoms with Crippen LogP contribution in [0.1, 0.15) is 25.0 Å². The summed E-state index contributed by atoms with van der Waals surface area (Å²) >= 11 is 0. The first-order valence-corrected chi connectivity index (χ1v) is 8.49. The van der Waals surface area contributed by atoms with Crippen molar-refractivity contribution in [3.63, 3.8) is 0 Å². The molecule has 0 aliphatic rings. The van der Waals surface area contributed by atoms with E-state index in [2.05, 4.69) is 10.6 Å². The Morgan fingerprint density at radius 1 is 0.880 bits per heavy atom. The van der Waals surface area contributed by atoms with Crippen molar-refractivity contribution in [1.29, 1.82) is 0 Å². The Kier molecular flexibility index (Phi) is 7.01. The molecule has 25 heavy (non-hydrogen) atoms. The number of amides is 2. The summed E-state index contributed by atoms with van der Waals surface area (Å²) in [6, 6.07) is 15.1. The summed E-state index contributed by atoms with van der Waals surface area (Å²) in [6.07, 6.45) is 1.67. The van der Waals surface area contributed by atoms with Crippen LogP contribution >= 0.6 is 0 Å². The second kappa shape index (κ2) is 9.47. The number of hydrogen-bond acceptors (Lipinski definition) is 3. The van der Waals surface area contributed by atoms with E-state index in [9.17, 15) is 9.59 Å². The van der Waals surface area contributed by atoms with Crippen LogP contribution in [-0.4, -0.2) is 25.0 Å². The fraction of sp³-hybridized carbons (Fsp3) is 0.300. The lowest BCUT2D eigenvalue weighted by molar-refractivity contribution is -0.125. The molecule has 0 aliphatic heterocycles. The number of para-hydroxylation sites is 2. The Hall–Kier alpha value is -2.82. The van der Waals surface area contributed by atoms with Gasteiger partial charge in [0.1, 0.15) is 5.75 Å². The maximum absolute atomic E-state index is 12.2. The van der Waals surface area contributed by atoms with E-state index in [0.29, 0.717) is 5.75 Å². The third-order valence-corrected chi connectivity index (χ3v) is 3.82. The van der Waals surface area contributed by atoms with Gasteiger partial charge in [0.25, 0.3) is 5.91 Å². The summed E-state index contributed by atoms with van der Waals surface area (Å²) in [7, 11) is 0. The number of carbonyl (C=O) groups is 2. The van der Waals surface area contributed by atoms with E-state index >= 15 is 0 Å². The molecule has 0 fully saturated rings. The number of anilines is 1. The minimum Gasteiger partial charge on any atom is -0.484 e. The lowest BCUT2D eigenvalue weighted by Gasteiger charge is -2.14. The molecule has 0 aromatic heterocycles. The largest absolute Gasteiger partial charge is 0.484 e. The van der Waals surface area contributed by atoms with Gasteiger partial charge in [-0.15, -0.1) is 0 Å². The van der Waals surface area contributed by atoms with E-state index in [0.717, 1.165) is 29.7 Å². The van der Waals surface area contributed by atoms with Crippen LogP contribution in [0.15, 0.2) is 48.5 Å². The zero-order valence-electron chi connectivity index (χ0n) is 14.7. The smallest absolute Gasteiger partial charge is 0.258 e. The summed E-state index contributed by atoms with van der Waals surface area (Å²) in [5.41, 5.74) is 3.03. The highest BCUT2D eigenvalue weighted by atomic mass is 16.5. The molecule has 5 nitrogen and oxygen atoms in total. The molecular formula is C20H24N2O3. The number of nitrogens with one attached hydrogen (secondary N) is 2. The van der Waals surface area contributed by atoms with Gasteiger partial charge in [-0.2, -0.15) is 0 Å². The van der Waals surface area contributed by atoms with Gasteiger partial charge < -0.3 is 15.4 Å². The van der Waals surface area contributed by atoms with Crippen molar-refractivity contribution < 1.29 is 14.3 Å². The van der Waals surface area contributed by atoms with Gasteiger partial charge in [-0.25, -0.2) is 0 Å². The van der Waals surface area contributed by atoms with Crippen LogP contribution < -0.4 is 15.4 Å². The Labute approximate surface area is 148 Å². The van der Waals surface area contributed by atoms with Gasteiger partial charge >= 0.3 is 0 Å². The number of carbonyl (C=O) groups excluding carboxylic acids is 2. The van der Waals surface area contributed by atoms with Gasteiger partial charge in [-0.3, -0.25) is 9.59 Å². The van der Waals surface area contributed by atoms with Crippen LogP contribution in [0.3, 0.4) is 0 Å². The summed E-state index contributed by atoms with van der Waals surface area (Å²) < 4.78 is 5.35. The number of benzene rings is 2. The first-order valence-electron chi connectivity index (χ1n) is 8.49. The molecule has 2 rings (SSSR count). The lowest BCUT2D eigenvalue weighted by atomic mass is 10.0. The third-order valence-electron chi connectivity index (χ3n) is 3.82. The molecule has 0 saturated carbocycles. The molecule has 0 radical (unpaired) electrons. The second-order valence-corrected chi connectivity index (χ2v) is 5.59. The van der Waals surface area contributed by atoms with E-state index in [4.69, 9.17) is 4.74 Å². The molecule has 0 unspecified atom stereocenters. The van der Waals surface area contributed by atoms with Gasteiger partial charge in [0.15, 0.2) is 6.61 Å². The molecule has 0 atom stereocenters. The maximum Gasteiger partial charge on any atom is 0.258 e. The van der Waals surface area contributed by atoms with Crippen molar-refractivity contribution in [2.75, 3.05) is 18.5 Å². The van der Waals surface area contributed by atoms with E-state index < -0.39 is 0 Å². The molecule has 2 aromatic carbocycles.